The van der Waals surface area contributed by atoms with Gasteiger partial charge in [-0.25, -0.2) is 4.79 Å². The summed E-state index contributed by atoms with van der Waals surface area (Å²) in [6.07, 6.45) is -0.541. The number of aliphatic hydroxyl groups excluding tert-OH is 1. The third kappa shape index (κ3) is 5.38. The number of guanidine groups is 1. The van der Waals surface area contributed by atoms with Crippen LogP contribution in [0.2, 0.25) is 0 Å². The van der Waals surface area contributed by atoms with E-state index in [0.29, 0.717) is 29.9 Å². The van der Waals surface area contributed by atoms with Crippen LogP contribution in [-0.4, -0.2) is 85.0 Å². The number of ether oxygens (including phenoxy) is 2. The molecular weight excluding hydrogens is 402 g/mol. The second-order valence-electron chi connectivity index (χ2n) is 8.12. The van der Waals surface area contributed by atoms with Crippen LogP contribution in [0.1, 0.15) is 20.3 Å². The van der Waals surface area contributed by atoms with E-state index in [0.717, 1.165) is 6.42 Å². The Morgan fingerprint density at radius 1 is 1.19 bits per heavy atom. The smallest absolute Gasteiger partial charge is 0.325 e. The summed E-state index contributed by atoms with van der Waals surface area (Å²) in [6.45, 7) is 4.96. The zero-order chi connectivity index (χ0) is 22.5. The molecule has 2 heterocycles. The summed E-state index contributed by atoms with van der Waals surface area (Å²) in [4.78, 5) is 32.3. The molecule has 0 spiro atoms. The lowest BCUT2D eigenvalue weighted by atomic mass is 10.1. The summed E-state index contributed by atoms with van der Waals surface area (Å²) >= 11 is 0. The van der Waals surface area contributed by atoms with Crippen LogP contribution in [0.25, 0.3) is 0 Å². The number of methoxy groups -OCH3 is 1. The van der Waals surface area contributed by atoms with Gasteiger partial charge in [0.15, 0.2) is 12.0 Å². The Labute approximate surface area is 182 Å². The summed E-state index contributed by atoms with van der Waals surface area (Å²) in [6, 6.07) is 5.91. The largest absolute Gasteiger partial charge is 0.497 e. The third-order valence-electron chi connectivity index (χ3n) is 5.30. The predicted octanol–water partition coefficient (Wildman–Crippen LogP) is 0.619. The monoisotopic (exact) mass is 433 g/mol. The van der Waals surface area contributed by atoms with E-state index in [4.69, 9.17) is 9.47 Å². The summed E-state index contributed by atoms with van der Waals surface area (Å²) in [5.74, 6) is 1.88. The molecule has 3 unspecified atom stereocenters. The molecular formula is C21H31N5O5. The maximum absolute atomic E-state index is 12.6. The zero-order valence-corrected chi connectivity index (χ0v) is 18.4. The van der Waals surface area contributed by atoms with Crippen LogP contribution in [0.4, 0.5) is 4.79 Å². The average Bonchev–Trinajstić information content (AvgIpc) is 3.09. The molecule has 2 aliphatic heterocycles. The third-order valence-corrected chi connectivity index (χ3v) is 5.30. The summed E-state index contributed by atoms with van der Waals surface area (Å²) < 4.78 is 10.8. The lowest BCUT2D eigenvalue weighted by molar-refractivity contribution is -0.127. The normalized spacial score (nSPS) is 23.0. The summed E-state index contributed by atoms with van der Waals surface area (Å²) in [5, 5.41) is 16.1. The first kappa shape index (κ1) is 22.7. The van der Waals surface area contributed by atoms with Gasteiger partial charge in [-0.1, -0.05) is 13.8 Å². The number of benzene rings is 1. The van der Waals surface area contributed by atoms with E-state index in [9.17, 15) is 14.7 Å². The van der Waals surface area contributed by atoms with Gasteiger partial charge in [-0.05, 0) is 36.6 Å². The molecule has 31 heavy (non-hydrogen) atoms. The number of likely N-dealkylation sites (N-methyl/N-ethyl adjacent to an activating group) is 1. The minimum absolute atomic E-state index is 0.0376. The van der Waals surface area contributed by atoms with Crippen LogP contribution in [0.3, 0.4) is 0 Å². The summed E-state index contributed by atoms with van der Waals surface area (Å²) in [5.41, 5.74) is 0. The van der Waals surface area contributed by atoms with Gasteiger partial charge in [0.2, 0.25) is 0 Å². The number of hydrogen-bond acceptors (Lipinski definition) is 6. The van der Waals surface area contributed by atoms with Crippen molar-refractivity contribution >= 4 is 17.9 Å². The first-order chi connectivity index (χ1) is 14.8. The van der Waals surface area contributed by atoms with Crippen molar-refractivity contribution in [2.24, 2.45) is 10.9 Å². The van der Waals surface area contributed by atoms with Gasteiger partial charge < -0.3 is 29.7 Å². The number of carbonyl (C=O) groups is 2. The van der Waals surface area contributed by atoms with Gasteiger partial charge in [0.1, 0.15) is 30.4 Å². The number of nitrogens with one attached hydrogen (secondary N) is 2. The highest BCUT2D eigenvalue weighted by Gasteiger charge is 2.50. The van der Waals surface area contributed by atoms with Crippen molar-refractivity contribution < 1.29 is 24.2 Å². The quantitative estimate of drug-likeness (QED) is 0.523. The van der Waals surface area contributed by atoms with E-state index < -0.39 is 30.2 Å². The fourth-order valence-corrected chi connectivity index (χ4v) is 3.49. The van der Waals surface area contributed by atoms with Crippen LogP contribution in [0.5, 0.6) is 11.5 Å². The SMILES string of the molecule is COc1ccc(OCC(O)CN2C(=NCCC(C)C)NC3C2C(=O)NC(=O)N3C)cc1. The second kappa shape index (κ2) is 9.86. The van der Waals surface area contributed by atoms with E-state index in [1.165, 1.54) is 4.90 Å². The van der Waals surface area contributed by atoms with Gasteiger partial charge in [0, 0.05) is 13.6 Å². The van der Waals surface area contributed by atoms with Crippen LogP contribution in [0, 0.1) is 5.92 Å². The van der Waals surface area contributed by atoms with Crippen molar-refractivity contribution in [3.05, 3.63) is 24.3 Å². The van der Waals surface area contributed by atoms with Crippen LogP contribution >= 0.6 is 0 Å². The minimum atomic E-state index is -0.881. The number of carbonyl (C=O) groups excluding carboxylic acids is 2. The predicted molar refractivity (Wildman–Crippen MR) is 115 cm³/mol. The molecule has 1 aromatic carbocycles. The molecule has 0 radical (unpaired) electrons. The highest BCUT2D eigenvalue weighted by molar-refractivity contribution is 6.04. The van der Waals surface area contributed by atoms with Gasteiger partial charge >= 0.3 is 6.03 Å². The molecule has 2 saturated heterocycles. The van der Waals surface area contributed by atoms with E-state index in [1.807, 2.05) is 0 Å². The van der Waals surface area contributed by atoms with Gasteiger partial charge in [-0.15, -0.1) is 0 Å². The topological polar surface area (TPSA) is 116 Å². The Kier molecular flexibility index (Phi) is 7.21. The minimum Gasteiger partial charge on any atom is -0.497 e. The molecule has 0 bridgehead atoms. The number of hydrogen-bond donors (Lipinski definition) is 3. The first-order valence-electron chi connectivity index (χ1n) is 10.4. The van der Waals surface area contributed by atoms with E-state index in [1.54, 1.807) is 43.3 Å². The molecule has 0 aromatic heterocycles. The van der Waals surface area contributed by atoms with E-state index >= 15 is 0 Å². The van der Waals surface area contributed by atoms with Gasteiger partial charge in [0.25, 0.3) is 5.91 Å². The Morgan fingerprint density at radius 3 is 2.52 bits per heavy atom. The molecule has 3 atom stereocenters. The zero-order valence-electron chi connectivity index (χ0n) is 18.4. The maximum atomic E-state index is 12.6. The number of fused-ring (bicyclic) bond motifs is 1. The Morgan fingerprint density at radius 2 is 1.87 bits per heavy atom. The number of aliphatic imine (C=N–C) groups is 1. The molecule has 3 N–H and O–H groups in total. The van der Waals surface area contributed by atoms with Crippen molar-refractivity contribution in [3.63, 3.8) is 0 Å². The Hall–Kier alpha value is -3.01. The van der Waals surface area contributed by atoms with Crippen molar-refractivity contribution in [2.45, 2.75) is 38.6 Å². The van der Waals surface area contributed by atoms with Crippen LogP contribution in [-0.2, 0) is 4.79 Å². The lowest BCUT2D eigenvalue weighted by Crippen LogP contribution is -2.65. The molecule has 2 aliphatic rings. The molecule has 1 aromatic rings. The molecule has 2 fully saturated rings. The first-order valence-corrected chi connectivity index (χ1v) is 10.4. The molecule has 10 heteroatoms. The number of aliphatic hydroxyl groups is 1. The van der Waals surface area contributed by atoms with Gasteiger partial charge in [-0.3, -0.25) is 15.1 Å². The molecule has 10 nitrogen and oxygen atoms in total. The van der Waals surface area contributed by atoms with Gasteiger partial charge in [-0.2, -0.15) is 0 Å². The molecule has 170 valence electrons. The highest BCUT2D eigenvalue weighted by Crippen LogP contribution is 2.22. The van der Waals surface area contributed by atoms with Crippen molar-refractivity contribution in [1.82, 2.24) is 20.4 Å². The highest BCUT2D eigenvalue weighted by atomic mass is 16.5. The number of amides is 3. The molecule has 0 saturated carbocycles. The lowest BCUT2D eigenvalue weighted by Gasteiger charge is -2.35. The van der Waals surface area contributed by atoms with Crippen LogP contribution < -0.4 is 20.1 Å². The Balaban J connectivity index is 1.69. The summed E-state index contributed by atoms with van der Waals surface area (Å²) in [7, 11) is 3.20. The van der Waals surface area contributed by atoms with Gasteiger partial charge in [0.05, 0.1) is 13.7 Å². The standard InChI is InChI=1S/C21H31N5O5/c1-13(2)9-10-22-20-23-18-17(19(28)24-21(29)25(18)3)26(20)11-14(27)12-31-16-7-5-15(30-4)6-8-16/h5-8,13-14,17-18,27H,9-12H2,1-4H3,(H,22,23)(H,24,28,29). The fraction of sp³-hybridized carbons (Fsp3) is 0.571. The van der Waals surface area contributed by atoms with E-state index in [-0.39, 0.29) is 13.2 Å². The maximum Gasteiger partial charge on any atom is 0.325 e. The number of β-amino-alcohol motifs (C(OH)–C–C–N with tert-alkyl or cyclic N) is 1. The van der Waals surface area contributed by atoms with Crippen molar-refractivity contribution in [3.8, 4) is 11.5 Å². The molecule has 0 aliphatic carbocycles. The fourth-order valence-electron chi connectivity index (χ4n) is 3.49. The average molecular weight is 434 g/mol. The molecule has 3 rings (SSSR count). The van der Waals surface area contributed by atoms with Crippen molar-refractivity contribution in [1.29, 1.82) is 0 Å². The Bertz CT molecular complexity index is 813. The number of imide groups is 1. The number of urea groups is 1. The molecule has 3 amide bonds. The number of rotatable bonds is 9. The second-order valence-corrected chi connectivity index (χ2v) is 8.12. The van der Waals surface area contributed by atoms with E-state index in [2.05, 4.69) is 29.5 Å². The van der Waals surface area contributed by atoms with Crippen LogP contribution in [0.15, 0.2) is 29.3 Å². The number of nitrogens with zero attached hydrogens (tertiary/aromatic N) is 3. The van der Waals surface area contributed by atoms with Crippen molar-refractivity contribution in [2.75, 3.05) is 33.9 Å².